The van der Waals surface area contributed by atoms with Crippen LogP contribution in [-0.2, 0) is 4.79 Å². The topological polar surface area (TPSA) is 63.3 Å². The van der Waals surface area contributed by atoms with Gasteiger partial charge in [0.15, 0.2) is 0 Å². The normalized spacial score (nSPS) is 13.7. The fraction of sp³-hybridized carbons (Fsp3) is 0.667. The Balaban J connectivity index is 2.96. The van der Waals surface area contributed by atoms with E-state index < -0.39 is 6.04 Å². The lowest BCUT2D eigenvalue weighted by Crippen LogP contribution is -2.25. The minimum absolute atomic E-state index is 0.316. The minimum atomic E-state index is -0.815. The molecule has 1 radical (unpaired) electrons. The van der Waals surface area contributed by atoms with Crippen molar-refractivity contribution in [2.24, 2.45) is 5.73 Å². The molecule has 3 nitrogen and oxygen atoms in total. The highest BCUT2D eigenvalue weighted by Gasteiger charge is 1.92. The SMILES string of the molecule is N[C@H]([C]=O)CO. The highest BCUT2D eigenvalue weighted by Crippen LogP contribution is 1.60. The molecule has 0 saturated carbocycles. The molecule has 0 fully saturated rings. The van der Waals surface area contributed by atoms with Crippen LogP contribution >= 0.6 is 0 Å². The minimum Gasteiger partial charge on any atom is -0.394 e. The summed E-state index contributed by atoms with van der Waals surface area (Å²) in [6.45, 7) is -0.316. The molecule has 0 amide bonds. The van der Waals surface area contributed by atoms with Gasteiger partial charge in [0.1, 0.15) is 0 Å². The standard InChI is InChI=1S/C3H6NO2/c4-3(1-5)2-6/h3,5H,1,4H2/t3-/m0/s1. The van der Waals surface area contributed by atoms with Crippen molar-refractivity contribution >= 4 is 6.29 Å². The first kappa shape index (κ1) is 5.59. The molecule has 3 N–H and O–H groups in total. The molecule has 6 heavy (non-hydrogen) atoms. The Morgan fingerprint density at radius 2 is 2.50 bits per heavy atom. The zero-order chi connectivity index (χ0) is 4.99. The fourth-order valence-corrected chi connectivity index (χ4v) is 0.0373. The van der Waals surface area contributed by atoms with E-state index in [1.165, 1.54) is 6.29 Å². The van der Waals surface area contributed by atoms with E-state index in [4.69, 9.17) is 10.8 Å². The van der Waals surface area contributed by atoms with Crippen LogP contribution in [0.15, 0.2) is 0 Å². The molecule has 0 aliphatic carbocycles. The molecule has 35 valence electrons. The number of rotatable bonds is 2. The van der Waals surface area contributed by atoms with Crippen LogP contribution in [-0.4, -0.2) is 24.0 Å². The quantitative estimate of drug-likeness (QED) is 0.428. The number of hydrogen-bond donors (Lipinski definition) is 2. The maximum atomic E-state index is 9.33. The third kappa shape index (κ3) is 1.87. The first-order valence-electron chi connectivity index (χ1n) is 1.55. The summed E-state index contributed by atoms with van der Waals surface area (Å²) in [5.41, 5.74) is 4.80. The van der Waals surface area contributed by atoms with Gasteiger partial charge >= 0.3 is 0 Å². The Morgan fingerprint density at radius 3 is 2.50 bits per heavy atom. The number of aliphatic hydroxyl groups excluding tert-OH is 1. The van der Waals surface area contributed by atoms with Crippen molar-refractivity contribution in [1.82, 2.24) is 0 Å². The van der Waals surface area contributed by atoms with Gasteiger partial charge in [0.25, 0.3) is 0 Å². The molecule has 0 saturated heterocycles. The number of aliphatic hydroxyl groups is 1. The second-order valence-electron chi connectivity index (χ2n) is 0.907. The zero-order valence-corrected chi connectivity index (χ0v) is 3.22. The molecule has 0 unspecified atom stereocenters. The van der Waals surface area contributed by atoms with Crippen LogP contribution in [0, 0.1) is 0 Å². The van der Waals surface area contributed by atoms with Crippen LogP contribution in [0.1, 0.15) is 0 Å². The number of hydrogen-bond acceptors (Lipinski definition) is 3. The third-order valence-electron chi connectivity index (χ3n) is 0.348. The second kappa shape index (κ2) is 2.81. The van der Waals surface area contributed by atoms with Crippen molar-refractivity contribution in [3.05, 3.63) is 0 Å². The van der Waals surface area contributed by atoms with Gasteiger partial charge in [0.2, 0.25) is 6.29 Å². The van der Waals surface area contributed by atoms with Gasteiger partial charge in [-0.15, -0.1) is 0 Å². The lowest BCUT2D eigenvalue weighted by atomic mass is 10.4. The van der Waals surface area contributed by atoms with E-state index >= 15 is 0 Å². The fourth-order valence-electron chi connectivity index (χ4n) is 0.0373. The van der Waals surface area contributed by atoms with Crippen LogP contribution in [0.2, 0.25) is 0 Å². The van der Waals surface area contributed by atoms with Gasteiger partial charge in [0, 0.05) is 0 Å². The summed E-state index contributed by atoms with van der Waals surface area (Å²) in [4.78, 5) is 9.33. The van der Waals surface area contributed by atoms with Gasteiger partial charge in [-0.2, -0.15) is 0 Å². The van der Waals surface area contributed by atoms with Gasteiger partial charge in [0.05, 0.1) is 12.6 Å². The summed E-state index contributed by atoms with van der Waals surface area (Å²) in [5.74, 6) is 0. The molecule has 0 spiro atoms. The molecule has 0 aromatic carbocycles. The second-order valence-corrected chi connectivity index (χ2v) is 0.907. The summed E-state index contributed by atoms with van der Waals surface area (Å²) in [5, 5.41) is 7.95. The van der Waals surface area contributed by atoms with Crippen LogP contribution in [0.5, 0.6) is 0 Å². The van der Waals surface area contributed by atoms with Gasteiger partial charge in [-0.3, -0.25) is 4.79 Å². The Morgan fingerprint density at radius 1 is 2.00 bits per heavy atom. The van der Waals surface area contributed by atoms with Gasteiger partial charge in [-0.1, -0.05) is 0 Å². The molecule has 0 aliphatic heterocycles. The first-order valence-corrected chi connectivity index (χ1v) is 1.55. The van der Waals surface area contributed by atoms with Crippen LogP contribution in [0.3, 0.4) is 0 Å². The molecule has 0 aliphatic rings. The highest BCUT2D eigenvalue weighted by molar-refractivity contribution is 5.57. The first-order chi connectivity index (χ1) is 2.81. The molecule has 1 atom stereocenters. The molecular weight excluding hydrogens is 82.0 g/mol. The summed E-state index contributed by atoms with van der Waals surface area (Å²) in [6.07, 6.45) is 1.39. The predicted octanol–water partition coefficient (Wildman–Crippen LogP) is -1.58. The Hall–Kier alpha value is -0.410. The smallest absolute Gasteiger partial charge is 0.219 e. The maximum Gasteiger partial charge on any atom is 0.219 e. The Kier molecular flexibility index (Phi) is 2.62. The van der Waals surface area contributed by atoms with Gasteiger partial charge in [-0.25, -0.2) is 0 Å². The largest absolute Gasteiger partial charge is 0.394 e. The van der Waals surface area contributed by atoms with E-state index in [0.717, 1.165) is 0 Å². The average molecular weight is 88.1 g/mol. The average Bonchev–Trinajstić information content (AvgIpc) is 1.65. The van der Waals surface area contributed by atoms with Crippen molar-refractivity contribution in [3.63, 3.8) is 0 Å². The van der Waals surface area contributed by atoms with E-state index in [2.05, 4.69) is 0 Å². The molecule has 0 heterocycles. The van der Waals surface area contributed by atoms with Crippen LogP contribution in [0.25, 0.3) is 0 Å². The molecule has 0 aromatic rings. The molecule has 0 bridgehead atoms. The monoisotopic (exact) mass is 88.0 g/mol. The van der Waals surface area contributed by atoms with Crippen LogP contribution < -0.4 is 5.73 Å². The summed E-state index contributed by atoms with van der Waals surface area (Å²) < 4.78 is 0. The van der Waals surface area contributed by atoms with E-state index in [-0.39, 0.29) is 6.61 Å². The highest BCUT2D eigenvalue weighted by atomic mass is 16.3. The lowest BCUT2D eigenvalue weighted by molar-refractivity contribution is 0.287. The summed E-state index contributed by atoms with van der Waals surface area (Å²) >= 11 is 0. The van der Waals surface area contributed by atoms with Crippen molar-refractivity contribution < 1.29 is 9.90 Å². The van der Waals surface area contributed by atoms with Crippen LogP contribution in [0.4, 0.5) is 0 Å². The van der Waals surface area contributed by atoms with E-state index in [9.17, 15) is 4.79 Å². The van der Waals surface area contributed by atoms with Crippen molar-refractivity contribution in [2.75, 3.05) is 6.61 Å². The Labute approximate surface area is 35.8 Å². The molecule has 3 heteroatoms. The predicted molar refractivity (Wildman–Crippen MR) is 20.8 cm³/mol. The maximum absolute atomic E-state index is 9.33. The van der Waals surface area contributed by atoms with E-state index in [1.807, 2.05) is 0 Å². The molecule has 0 aromatic heterocycles. The zero-order valence-electron chi connectivity index (χ0n) is 3.22. The van der Waals surface area contributed by atoms with E-state index in [0.29, 0.717) is 0 Å². The van der Waals surface area contributed by atoms with Gasteiger partial charge < -0.3 is 10.8 Å². The number of nitrogens with two attached hydrogens (primary N) is 1. The summed E-state index contributed by atoms with van der Waals surface area (Å²) in [6, 6.07) is -0.815. The van der Waals surface area contributed by atoms with Crippen molar-refractivity contribution in [1.29, 1.82) is 0 Å². The van der Waals surface area contributed by atoms with Crippen molar-refractivity contribution in [2.45, 2.75) is 6.04 Å². The van der Waals surface area contributed by atoms with Crippen molar-refractivity contribution in [3.8, 4) is 0 Å². The molecular formula is C3H6NO2. The lowest BCUT2D eigenvalue weighted by Gasteiger charge is -1.88. The summed E-state index contributed by atoms with van der Waals surface area (Å²) in [7, 11) is 0. The number of carbonyl (C=O) groups excluding carboxylic acids is 1. The Bertz CT molecular complexity index is 46.1. The third-order valence-corrected chi connectivity index (χ3v) is 0.348. The van der Waals surface area contributed by atoms with E-state index in [1.54, 1.807) is 0 Å². The van der Waals surface area contributed by atoms with Gasteiger partial charge in [-0.05, 0) is 0 Å². The molecule has 0 rings (SSSR count).